The molecular formula is C13H25NO4. The lowest BCUT2D eigenvalue weighted by Gasteiger charge is -2.31. The SMILES string of the molecule is CCCNC(C)(COC1CCOCC1)C(=O)OC. The van der Waals surface area contributed by atoms with E-state index >= 15 is 0 Å². The Morgan fingerprint density at radius 3 is 2.67 bits per heavy atom. The highest BCUT2D eigenvalue weighted by molar-refractivity contribution is 5.80. The molecule has 1 aliphatic heterocycles. The van der Waals surface area contributed by atoms with E-state index in [1.54, 1.807) is 0 Å². The Kier molecular flexibility index (Phi) is 6.60. The fourth-order valence-electron chi connectivity index (χ4n) is 1.94. The van der Waals surface area contributed by atoms with Crippen LogP contribution in [0.5, 0.6) is 0 Å². The van der Waals surface area contributed by atoms with E-state index in [-0.39, 0.29) is 12.1 Å². The summed E-state index contributed by atoms with van der Waals surface area (Å²) in [4.78, 5) is 11.8. The van der Waals surface area contributed by atoms with Crippen molar-refractivity contribution in [3.05, 3.63) is 0 Å². The standard InChI is InChI=1S/C13H25NO4/c1-4-7-14-13(2,12(15)16-3)10-18-11-5-8-17-9-6-11/h11,14H,4-10H2,1-3H3. The van der Waals surface area contributed by atoms with E-state index in [9.17, 15) is 4.79 Å². The van der Waals surface area contributed by atoms with Gasteiger partial charge in [0.1, 0.15) is 5.54 Å². The smallest absolute Gasteiger partial charge is 0.328 e. The van der Waals surface area contributed by atoms with Crippen LogP contribution in [0.25, 0.3) is 0 Å². The maximum Gasteiger partial charge on any atom is 0.328 e. The lowest BCUT2D eigenvalue weighted by molar-refractivity contribution is -0.152. The van der Waals surface area contributed by atoms with Crippen LogP contribution < -0.4 is 5.32 Å². The lowest BCUT2D eigenvalue weighted by atomic mass is 10.0. The number of nitrogens with one attached hydrogen (secondary N) is 1. The van der Waals surface area contributed by atoms with Crippen molar-refractivity contribution in [2.24, 2.45) is 0 Å². The van der Waals surface area contributed by atoms with Gasteiger partial charge in [-0.25, -0.2) is 4.79 Å². The summed E-state index contributed by atoms with van der Waals surface area (Å²) < 4.78 is 15.9. The van der Waals surface area contributed by atoms with Crippen molar-refractivity contribution in [2.75, 3.05) is 33.5 Å². The Hall–Kier alpha value is -0.650. The second-order valence-electron chi connectivity index (χ2n) is 4.87. The molecule has 1 aliphatic rings. The van der Waals surface area contributed by atoms with Gasteiger partial charge in [0.15, 0.2) is 0 Å². The summed E-state index contributed by atoms with van der Waals surface area (Å²) in [5, 5.41) is 3.21. The van der Waals surface area contributed by atoms with Crippen molar-refractivity contribution in [2.45, 2.75) is 44.8 Å². The van der Waals surface area contributed by atoms with E-state index in [4.69, 9.17) is 14.2 Å². The number of carbonyl (C=O) groups is 1. The van der Waals surface area contributed by atoms with Crippen LogP contribution in [0.2, 0.25) is 0 Å². The van der Waals surface area contributed by atoms with Gasteiger partial charge in [0.2, 0.25) is 0 Å². The molecule has 18 heavy (non-hydrogen) atoms. The summed E-state index contributed by atoms with van der Waals surface area (Å²) in [6.07, 6.45) is 2.94. The van der Waals surface area contributed by atoms with E-state index in [2.05, 4.69) is 12.2 Å². The number of hydrogen-bond acceptors (Lipinski definition) is 5. The van der Waals surface area contributed by atoms with E-state index in [0.717, 1.165) is 39.0 Å². The summed E-state index contributed by atoms with van der Waals surface area (Å²) in [5.41, 5.74) is -0.761. The molecule has 0 aliphatic carbocycles. The van der Waals surface area contributed by atoms with Gasteiger partial charge in [0.25, 0.3) is 0 Å². The number of hydrogen-bond donors (Lipinski definition) is 1. The molecule has 1 atom stereocenters. The maximum atomic E-state index is 11.8. The van der Waals surface area contributed by atoms with Crippen LogP contribution in [0, 0.1) is 0 Å². The molecule has 0 aromatic heterocycles. The fourth-order valence-corrected chi connectivity index (χ4v) is 1.94. The first-order valence-electron chi connectivity index (χ1n) is 6.65. The molecule has 5 nitrogen and oxygen atoms in total. The van der Waals surface area contributed by atoms with Crippen LogP contribution in [-0.4, -0.2) is 51.1 Å². The largest absolute Gasteiger partial charge is 0.468 e. The van der Waals surface area contributed by atoms with Gasteiger partial charge in [-0.3, -0.25) is 0 Å². The Labute approximate surface area is 109 Å². The monoisotopic (exact) mass is 259 g/mol. The minimum absolute atomic E-state index is 0.186. The van der Waals surface area contributed by atoms with Crippen molar-refractivity contribution in [3.8, 4) is 0 Å². The molecule has 106 valence electrons. The molecule has 1 fully saturated rings. The minimum atomic E-state index is -0.761. The van der Waals surface area contributed by atoms with Crippen molar-refractivity contribution in [1.29, 1.82) is 0 Å². The highest BCUT2D eigenvalue weighted by Gasteiger charge is 2.35. The molecule has 1 rings (SSSR count). The predicted octanol–water partition coefficient (Wildman–Crippen LogP) is 1.11. The van der Waals surface area contributed by atoms with E-state index in [1.165, 1.54) is 7.11 Å². The van der Waals surface area contributed by atoms with E-state index in [0.29, 0.717) is 6.61 Å². The number of methoxy groups -OCH3 is 1. The molecule has 0 saturated carbocycles. The molecular weight excluding hydrogens is 234 g/mol. The van der Waals surface area contributed by atoms with Crippen molar-refractivity contribution in [1.82, 2.24) is 5.32 Å². The average Bonchev–Trinajstić information content (AvgIpc) is 2.43. The zero-order valence-electron chi connectivity index (χ0n) is 11.7. The summed E-state index contributed by atoms with van der Waals surface area (Å²) in [6, 6.07) is 0. The molecule has 1 N–H and O–H groups in total. The second kappa shape index (κ2) is 7.71. The van der Waals surface area contributed by atoms with Crippen molar-refractivity contribution >= 4 is 5.97 Å². The maximum absolute atomic E-state index is 11.8. The van der Waals surface area contributed by atoms with Gasteiger partial charge in [-0.2, -0.15) is 0 Å². The third-order valence-corrected chi connectivity index (χ3v) is 3.18. The van der Waals surface area contributed by atoms with Gasteiger partial charge in [0.05, 0.1) is 19.8 Å². The molecule has 0 aromatic carbocycles. The van der Waals surface area contributed by atoms with Gasteiger partial charge in [-0.05, 0) is 32.7 Å². The molecule has 0 bridgehead atoms. The zero-order valence-corrected chi connectivity index (χ0v) is 11.7. The zero-order chi connectivity index (χ0) is 13.4. The molecule has 0 amide bonds. The van der Waals surface area contributed by atoms with Gasteiger partial charge in [-0.15, -0.1) is 0 Å². The number of esters is 1. The Morgan fingerprint density at radius 1 is 1.44 bits per heavy atom. The topological polar surface area (TPSA) is 56.8 Å². The van der Waals surface area contributed by atoms with Crippen LogP contribution in [-0.2, 0) is 19.0 Å². The average molecular weight is 259 g/mol. The molecule has 5 heteroatoms. The highest BCUT2D eigenvalue weighted by atomic mass is 16.5. The van der Waals surface area contributed by atoms with E-state index in [1.807, 2.05) is 6.92 Å². The quantitative estimate of drug-likeness (QED) is 0.694. The lowest BCUT2D eigenvalue weighted by Crippen LogP contribution is -2.54. The molecule has 1 heterocycles. The molecule has 0 spiro atoms. The summed E-state index contributed by atoms with van der Waals surface area (Å²) in [6.45, 7) is 6.47. The number of ether oxygens (including phenoxy) is 3. The Balaban J connectivity index is 2.46. The third kappa shape index (κ3) is 4.55. The number of rotatable bonds is 7. The normalized spacial score (nSPS) is 20.4. The van der Waals surface area contributed by atoms with Gasteiger partial charge in [-0.1, -0.05) is 6.92 Å². The van der Waals surface area contributed by atoms with Crippen LogP contribution in [0.15, 0.2) is 0 Å². The van der Waals surface area contributed by atoms with Gasteiger partial charge < -0.3 is 19.5 Å². The van der Waals surface area contributed by atoms with Crippen molar-refractivity contribution < 1.29 is 19.0 Å². The van der Waals surface area contributed by atoms with E-state index < -0.39 is 5.54 Å². The highest BCUT2D eigenvalue weighted by Crippen LogP contribution is 2.15. The minimum Gasteiger partial charge on any atom is -0.468 e. The van der Waals surface area contributed by atoms with Crippen molar-refractivity contribution in [3.63, 3.8) is 0 Å². The molecule has 1 unspecified atom stereocenters. The predicted molar refractivity (Wildman–Crippen MR) is 68.5 cm³/mol. The van der Waals surface area contributed by atoms with Gasteiger partial charge in [0, 0.05) is 13.2 Å². The van der Waals surface area contributed by atoms with Crippen LogP contribution in [0.4, 0.5) is 0 Å². The summed E-state index contributed by atoms with van der Waals surface area (Å²) in [5.74, 6) is -0.275. The first kappa shape index (κ1) is 15.4. The third-order valence-electron chi connectivity index (χ3n) is 3.18. The Bertz CT molecular complexity index is 253. The number of carbonyl (C=O) groups excluding carboxylic acids is 1. The van der Waals surface area contributed by atoms with Gasteiger partial charge >= 0.3 is 5.97 Å². The molecule has 0 aromatic rings. The van der Waals surface area contributed by atoms with Crippen LogP contribution in [0.3, 0.4) is 0 Å². The van der Waals surface area contributed by atoms with Crippen LogP contribution >= 0.6 is 0 Å². The molecule has 1 saturated heterocycles. The first-order valence-corrected chi connectivity index (χ1v) is 6.65. The summed E-state index contributed by atoms with van der Waals surface area (Å²) in [7, 11) is 1.41. The Morgan fingerprint density at radius 2 is 2.11 bits per heavy atom. The first-order chi connectivity index (χ1) is 8.62. The summed E-state index contributed by atoms with van der Waals surface area (Å²) >= 11 is 0. The fraction of sp³-hybridized carbons (Fsp3) is 0.923. The molecule has 0 radical (unpaired) electrons. The van der Waals surface area contributed by atoms with Crippen LogP contribution in [0.1, 0.15) is 33.1 Å². The second-order valence-corrected chi connectivity index (χ2v) is 4.87.